The summed E-state index contributed by atoms with van der Waals surface area (Å²) >= 11 is 0. The van der Waals surface area contributed by atoms with E-state index in [2.05, 4.69) is 15.2 Å². The molecule has 1 N–H and O–H groups in total. The van der Waals surface area contributed by atoms with Gasteiger partial charge in [0.15, 0.2) is 0 Å². The van der Waals surface area contributed by atoms with Gasteiger partial charge in [-0.15, -0.1) is 0 Å². The van der Waals surface area contributed by atoms with Crippen LogP contribution >= 0.6 is 0 Å². The van der Waals surface area contributed by atoms with Gasteiger partial charge < -0.3 is 19.7 Å². The van der Waals surface area contributed by atoms with Crippen LogP contribution in [0.25, 0.3) is 0 Å². The maximum Gasteiger partial charge on any atom is 0.327 e. The number of benzene rings is 1. The topological polar surface area (TPSA) is 66.9 Å². The molecule has 0 bridgehead atoms. The summed E-state index contributed by atoms with van der Waals surface area (Å²) in [5.41, 5.74) is 0.776. The molecular weight excluding hydrogens is 368 g/mol. The van der Waals surface area contributed by atoms with Crippen molar-refractivity contribution in [2.24, 2.45) is 5.92 Å². The van der Waals surface area contributed by atoms with Gasteiger partial charge in [-0.1, -0.05) is 18.2 Å². The van der Waals surface area contributed by atoms with Gasteiger partial charge in [-0.2, -0.15) is 0 Å². The summed E-state index contributed by atoms with van der Waals surface area (Å²) < 4.78 is 10.5. The minimum atomic E-state index is -0.153. The first kappa shape index (κ1) is 19.7. The molecule has 2 fully saturated rings. The maximum atomic E-state index is 13.2. The molecule has 2 aliphatic heterocycles. The van der Waals surface area contributed by atoms with Crippen molar-refractivity contribution in [1.82, 2.24) is 9.88 Å². The number of piperidine rings is 1. The van der Waals surface area contributed by atoms with Crippen molar-refractivity contribution < 1.29 is 14.3 Å². The molecule has 0 aliphatic carbocycles. The third-order valence-electron chi connectivity index (χ3n) is 5.59. The molecule has 7 nitrogen and oxygen atoms in total. The van der Waals surface area contributed by atoms with Crippen LogP contribution in [0.1, 0.15) is 12.8 Å². The Hall–Kier alpha value is -2.64. The molecule has 29 heavy (non-hydrogen) atoms. The molecule has 4 rings (SSSR count). The molecule has 0 saturated carbocycles. The third-order valence-corrected chi connectivity index (χ3v) is 5.59. The second-order valence-electron chi connectivity index (χ2n) is 7.66. The highest BCUT2D eigenvalue weighted by Gasteiger charge is 2.31. The van der Waals surface area contributed by atoms with Crippen LogP contribution in [0.3, 0.4) is 0 Å². The van der Waals surface area contributed by atoms with E-state index in [1.165, 1.54) is 0 Å². The summed E-state index contributed by atoms with van der Waals surface area (Å²) in [4.78, 5) is 22.0. The SMILES string of the molecule is COc1ccc(N(C(=O)Nc2ccccc2)C2CCN(CC3COC3)CC2)nc1. The minimum Gasteiger partial charge on any atom is -0.495 e. The van der Waals surface area contributed by atoms with E-state index < -0.39 is 0 Å². The van der Waals surface area contributed by atoms with E-state index in [4.69, 9.17) is 9.47 Å². The van der Waals surface area contributed by atoms with E-state index in [-0.39, 0.29) is 12.1 Å². The molecule has 1 aromatic heterocycles. The molecule has 0 spiro atoms. The number of aromatic nitrogens is 1. The molecule has 154 valence electrons. The summed E-state index contributed by atoms with van der Waals surface area (Å²) in [5, 5.41) is 3.01. The number of carbonyl (C=O) groups is 1. The van der Waals surface area contributed by atoms with E-state index in [1.54, 1.807) is 18.2 Å². The van der Waals surface area contributed by atoms with Crippen LogP contribution < -0.4 is 15.0 Å². The Morgan fingerprint density at radius 3 is 2.55 bits per heavy atom. The highest BCUT2D eigenvalue weighted by Crippen LogP contribution is 2.26. The normalized spacial score (nSPS) is 18.1. The van der Waals surface area contributed by atoms with E-state index >= 15 is 0 Å². The van der Waals surface area contributed by atoms with Crippen LogP contribution in [-0.4, -0.2) is 61.9 Å². The lowest BCUT2D eigenvalue weighted by molar-refractivity contribution is -0.0486. The molecule has 0 radical (unpaired) electrons. The average Bonchev–Trinajstić information content (AvgIpc) is 2.73. The predicted molar refractivity (Wildman–Crippen MR) is 112 cm³/mol. The number of nitrogens with one attached hydrogen (secondary N) is 1. The number of rotatable bonds is 6. The quantitative estimate of drug-likeness (QED) is 0.812. The summed E-state index contributed by atoms with van der Waals surface area (Å²) in [7, 11) is 1.61. The van der Waals surface area contributed by atoms with E-state index in [0.717, 1.165) is 51.4 Å². The molecule has 7 heteroatoms. The number of pyridine rings is 1. The maximum absolute atomic E-state index is 13.2. The molecule has 0 atom stereocenters. The van der Waals surface area contributed by atoms with Crippen LogP contribution in [0.2, 0.25) is 0 Å². The van der Waals surface area contributed by atoms with Crippen molar-refractivity contribution in [1.29, 1.82) is 0 Å². The van der Waals surface area contributed by atoms with Crippen molar-refractivity contribution in [2.45, 2.75) is 18.9 Å². The van der Waals surface area contributed by atoms with Gasteiger partial charge in [-0.3, -0.25) is 4.90 Å². The number of nitrogens with zero attached hydrogens (tertiary/aromatic N) is 3. The van der Waals surface area contributed by atoms with Gasteiger partial charge in [0.25, 0.3) is 0 Å². The van der Waals surface area contributed by atoms with E-state index in [1.807, 2.05) is 42.5 Å². The second kappa shape index (κ2) is 9.24. The van der Waals surface area contributed by atoms with Gasteiger partial charge in [0.05, 0.1) is 26.5 Å². The minimum absolute atomic E-state index is 0.105. The first-order chi connectivity index (χ1) is 14.2. The van der Waals surface area contributed by atoms with Crippen molar-refractivity contribution in [3.63, 3.8) is 0 Å². The van der Waals surface area contributed by atoms with Gasteiger partial charge in [0, 0.05) is 37.3 Å². The first-order valence-electron chi connectivity index (χ1n) is 10.2. The number of methoxy groups -OCH3 is 1. The lowest BCUT2D eigenvalue weighted by atomic mass is 10.0. The summed E-state index contributed by atoms with van der Waals surface area (Å²) in [6.45, 7) is 4.80. The Morgan fingerprint density at radius 2 is 1.97 bits per heavy atom. The van der Waals surface area contributed by atoms with E-state index in [0.29, 0.717) is 17.5 Å². The summed E-state index contributed by atoms with van der Waals surface area (Å²) in [5.74, 6) is 1.98. The number of para-hydroxylation sites is 1. The number of ether oxygens (including phenoxy) is 2. The Balaban J connectivity index is 1.47. The highest BCUT2D eigenvalue weighted by atomic mass is 16.5. The van der Waals surface area contributed by atoms with Crippen molar-refractivity contribution >= 4 is 17.5 Å². The monoisotopic (exact) mass is 396 g/mol. The zero-order chi connectivity index (χ0) is 20.1. The Labute approximate surface area is 171 Å². The summed E-state index contributed by atoms with van der Waals surface area (Å²) in [6.07, 6.45) is 3.50. The molecule has 0 unspecified atom stereocenters. The Morgan fingerprint density at radius 1 is 1.21 bits per heavy atom. The van der Waals surface area contributed by atoms with Crippen LogP contribution in [-0.2, 0) is 4.74 Å². The second-order valence-corrected chi connectivity index (χ2v) is 7.66. The molecule has 1 aromatic carbocycles. The smallest absolute Gasteiger partial charge is 0.327 e. The lowest BCUT2D eigenvalue weighted by Gasteiger charge is -2.40. The Kier molecular flexibility index (Phi) is 6.27. The largest absolute Gasteiger partial charge is 0.495 e. The van der Waals surface area contributed by atoms with Crippen LogP contribution in [0.15, 0.2) is 48.7 Å². The predicted octanol–water partition coefficient (Wildman–Crippen LogP) is 3.24. The fourth-order valence-electron chi connectivity index (χ4n) is 3.91. The summed E-state index contributed by atoms with van der Waals surface area (Å²) in [6, 6.07) is 13.2. The number of carbonyl (C=O) groups excluding carboxylic acids is 1. The van der Waals surface area contributed by atoms with Crippen LogP contribution in [0.4, 0.5) is 16.3 Å². The zero-order valence-corrected chi connectivity index (χ0v) is 16.8. The first-order valence-corrected chi connectivity index (χ1v) is 10.2. The fraction of sp³-hybridized carbons (Fsp3) is 0.455. The lowest BCUT2D eigenvalue weighted by Crippen LogP contribution is -2.51. The number of urea groups is 1. The van der Waals surface area contributed by atoms with Crippen molar-refractivity contribution in [3.05, 3.63) is 48.7 Å². The number of hydrogen-bond acceptors (Lipinski definition) is 5. The van der Waals surface area contributed by atoms with Crippen molar-refractivity contribution in [2.75, 3.05) is 50.2 Å². The highest BCUT2D eigenvalue weighted by molar-refractivity contribution is 6.01. The number of anilines is 2. The molecule has 2 aliphatic rings. The van der Waals surface area contributed by atoms with Gasteiger partial charge in [0.1, 0.15) is 11.6 Å². The van der Waals surface area contributed by atoms with E-state index in [9.17, 15) is 4.79 Å². The molecular formula is C22H28N4O3. The average molecular weight is 396 g/mol. The third kappa shape index (κ3) is 4.86. The number of amides is 2. The molecule has 2 saturated heterocycles. The van der Waals surface area contributed by atoms with Gasteiger partial charge >= 0.3 is 6.03 Å². The van der Waals surface area contributed by atoms with Gasteiger partial charge in [0.2, 0.25) is 0 Å². The molecule has 3 heterocycles. The number of hydrogen-bond donors (Lipinski definition) is 1. The Bertz CT molecular complexity index is 787. The van der Waals surface area contributed by atoms with Crippen LogP contribution in [0, 0.1) is 5.92 Å². The molecule has 2 amide bonds. The van der Waals surface area contributed by atoms with Crippen LogP contribution in [0.5, 0.6) is 5.75 Å². The van der Waals surface area contributed by atoms with Gasteiger partial charge in [-0.25, -0.2) is 9.78 Å². The van der Waals surface area contributed by atoms with Gasteiger partial charge in [-0.05, 0) is 37.1 Å². The fourth-order valence-corrected chi connectivity index (χ4v) is 3.91. The number of likely N-dealkylation sites (tertiary alicyclic amines) is 1. The van der Waals surface area contributed by atoms with Crippen molar-refractivity contribution in [3.8, 4) is 5.75 Å². The zero-order valence-electron chi connectivity index (χ0n) is 16.8. The molecule has 2 aromatic rings. The standard InChI is InChI=1S/C22H28N4O3/c1-28-20-7-8-21(23-13-20)26(22(27)24-18-5-3-2-4-6-18)19-9-11-25(12-10-19)14-17-15-29-16-17/h2-8,13,17,19H,9-12,14-16H2,1H3,(H,24,27).